The summed E-state index contributed by atoms with van der Waals surface area (Å²) < 4.78 is 10.9. The van der Waals surface area contributed by atoms with Gasteiger partial charge in [-0.2, -0.15) is 0 Å². The average Bonchev–Trinajstić information content (AvgIpc) is 2.87. The van der Waals surface area contributed by atoms with E-state index in [-0.39, 0.29) is 11.0 Å². The Morgan fingerprint density at radius 1 is 1.69 bits per heavy atom. The third kappa shape index (κ3) is 2.74. The highest BCUT2D eigenvalue weighted by molar-refractivity contribution is 7.12. The number of aromatic carboxylic acids is 1. The van der Waals surface area contributed by atoms with Gasteiger partial charge in [-0.25, -0.2) is 4.79 Å². The van der Waals surface area contributed by atoms with Crippen molar-refractivity contribution in [3.8, 4) is 5.75 Å². The zero-order valence-corrected chi connectivity index (χ0v) is 9.66. The maximum absolute atomic E-state index is 10.8. The molecule has 0 radical (unpaired) electrons. The standard InChI is InChI=1S/C11H14O4S/c12-11(13)10-9(4-7-16-10)15-6-3-8-2-1-5-14-8/h4,7-8H,1-3,5-6H2,(H,12,13). The van der Waals surface area contributed by atoms with E-state index in [2.05, 4.69) is 0 Å². The highest BCUT2D eigenvalue weighted by Gasteiger charge is 2.17. The summed E-state index contributed by atoms with van der Waals surface area (Å²) in [7, 11) is 0. The zero-order valence-electron chi connectivity index (χ0n) is 8.85. The van der Waals surface area contributed by atoms with E-state index in [1.807, 2.05) is 0 Å². The van der Waals surface area contributed by atoms with Crippen LogP contribution in [-0.4, -0.2) is 30.4 Å². The van der Waals surface area contributed by atoms with E-state index in [0.29, 0.717) is 12.4 Å². The minimum absolute atomic E-state index is 0.271. The second-order valence-corrected chi connectivity index (χ2v) is 4.61. The maximum Gasteiger partial charge on any atom is 0.349 e. The molecule has 1 atom stereocenters. The Morgan fingerprint density at radius 3 is 3.25 bits per heavy atom. The predicted octanol–water partition coefficient (Wildman–Crippen LogP) is 2.39. The fourth-order valence-corrected chi connectivity index (χ4v) is 2.41. The van der Waals surface area contributed by atoms with Gasteiger partial charge >= 0.3 is 5.97 Å². The molecule has 1 aliphatic heterocycles. The molecule has 0 aromatic carbocycles. The highest BCUT2D eigenvalue weighted by atomic mass is 32.1. The van der Waals surface area contributed by atoms with Crippen molar-refractivity contribution in [1.29, 1.82) is 0 Å². The highest BCUT2D eigenvalue weighted by Crippen LogP contribution is 2.25. The van der Waals surface area contributed by atoms with Crippen molar-refractivity contribution in [2.24, 2.45) is 0 Å². The van der Waals surface area contributed by atoms with Gasteiger partial charge in [0, 0.05) is 13.0 Å². The topological polar surface area (TPSA) is 55.8 Å². The fourth-order valence-electron chi connectivity index (χ4n) is 1.74. The number of hydrogen-bond donors (Lipinski definition) is 1. The number of thiophene rings is 1. The molecule has 0 spiro atoms. The molecule has 4 nitrogen and oxygen atoms in total. The van der Waals surface area contributed by atoms with Gasteiger partial charge in [-0.05, 0) is 24.3 Å². The molecule has 5 heteroatoms. The normalized spacial score (nSPS) is 19.9. The first kappa shape index (κ1) is 11.4. The van der Waals surface area contributed by atoms with Crippen molar-refractivity contribution in [2.75, 3.05) is 13.2 Å². The Bertz CT molecular complexity index is 355. The van der Waals surface area contributed by atoms with Crippen LogP contribution in [0.3, 0.4) is 0 Å². The van der Waals surface area contributed by atoms with Crippen molar-refractivity contribution in [3.05, 3.63) is 16.3 Å². The first-order valence-electron chi connectivity index (χ1n) is 5.32. The molecule has 2 heterocycles. The van der Waals surface area contributed by atoms with Crippen LogP contribution in [0.2, 0.25) is 0 Å². The summed E-state index contributed by atoms with van der Waals surface area (Å²) in [6.45, 7) is 1.35. The lowest BCUT2D eigenvalue weighted by Gasteiger charge is -2.10. The van der Waals surface area contributed by atoms with Crippen LogP contribution in [0.15, 0.2) is 11.4 Å². The van der Waals surface area contributed by atoms with Gasteiger partial charge in [0.25, 0.3) is 0 Å². The molecule has 0 amide bonds. The zero-order chi connectivity index (χ0) is 11.4. The summed E-state index contributed by atoms with van der Waals surface area (Å²) in [4.78, 5) is 11.1. The van der Waals surface area contributed by atoms with E-state index in [1.165, 1.54) is 11.3 Å². The van der Waals surface area contributed by atoms with Crippen LogP contribution in [0.5, 0.6) is 5.75 Å². The summed E-state index contributed by atoms with van der Waals surface area (Å²) in [6, 6.07) is 1.70. The number of rotatable bonds is 5. The molecule has 1 aromatic heterocycles. The van der Waals surface area contributed by atoms with Crippen LogP contribution >= 0.6 is 11.3 Å². The van der Waals surface area contributed by atoms with Crippen molar-refractivity contribution in [3.63, 3.8) is 0 Å². The number of carboxylic acid groups (broad SMARTS) is 1. The van der Waals surface area contributed by atoms with Gasteiger partial charge in [0.15, 0.2) is 4.88 Å². The molecule has 2 rings (SSSR count). The van der Waals surface area contributed by atoms with Gasteiger partial charge in [-0.1, -0.05) is 0 Å². The smallest absolute Gasteiger partial charge is 0.349 e. The molecule has 1 aromatic rings. The Morgan fingerprint density at radius 2 is 2.56 bits per heavy atom. The number of ether oxygens (including phenoxy) is 2. The van der Waals surface area contributed by atoms with Gasteiger partial charge in [0.05, 0.1) is 12.7 Å². The predicted molar refractivity (Wildman–Crippen MR) is 60.4 cm³/mol. The summed E-state index contributed by atoms with van der Waals surface area (Å²) >= 11 is 1.18. The van der Waals surface area contributed by atoms with Crippen LogP contribution in [0.25, 0.3) is 0 Å². The van der Waals surface area contributed by atoms with Crippen LogP contribution in [0.4, 0.5) is 0 Å². The van der Waals surface area contributed by atoms with Gasteiger partial charge in [-0.15, -0.1) is 11.3 Å². The van der Waals surface area contributed by atoms with Crippen LogP contribution in [-0.2, 0) is 4.74 Å². The molecular weight excluding hydrogens is 228 g/mol. The molecule has 1 unspecified atom stereocenters. The lowest BCUT2D eigenvalue weighted by atomic mass is 10.2. The molecule has 16 heavy (non-hydrogen) atoms. The Hall–Kier alpha value is -1.07. The first-order valence-corrected chi connectivity index (χ1v) is 6.20. The second-order valence-electron chi connectivity index (χ2n) is 3.69. The molecule has 0 aliphatic carbocycles. The molecule has 88 valence electrons. The van der Waals surface area contributed by atoms with Crippen molar-refractivity contribution in [2.45, 2.75) is 25.4 Å². The molecular formula is C11H14O4S. The molecule has 1 saturated heterocycles. The molecule has 1 aliphatic rings. The minimum atomic E-state index is -0.929. The van der Waals surface area contributed by atoms with Crippen molar-refractivity contribution >= 4 is 17.3 Å². The van der Waals surface area contributed by atoms with Gasteiger partial charge < -0.3 is 14.6 Å². The maximum atomic E-state index is 10.8. The van der Waals surface area contributed by atoms with E-state index < -0.39 is 5.97 Å². The van der Waals surface area contributed by atoms with E-state index in [0.717, 1.165) is 25.9 Å². The Balaban J connectivity index is 1.80. The molecule has 1 N–H and O–H groups in total. The monoisotopic (exact) mass is 242 g/mol. The molecule has 0 saturated carbocycles. The van der Waals surface area contributed by atoms with Gasteiger partial charge in [-0.3, -0.25) is 0 Å². The summed E-state index contributed by atoms with van der Waals surface area (Å²) in [5.41, 5.74) is 0. The van der Waals surface area contributed by atoms with E-state index >= 15 is 0 Å². The fraction of sp³-hybridized carbons (Fsp3) is 0.545. The van der Waals surface area contributed by atoms with Gasteiger partial charge in [0.1, 0.15) is 5.75 Å². The van der Waals surface area contributed by atoms with E-state index in [4.69, 9.17) is 14.6 Å². The number of hydrogen-bond acceptors (Lipinski definition) is 4. The lowest BCUT2D eigenvalue weighted by molar-refractivity contribution is 0.0695. The summed E-state index contributed by atoms with van der Waals surface area (Å²) in [5.74, 6) is -0.461. The minimum Gasteiger partial charge on any atom is -0.492 e. The van der Waals surface area contributed by atoms with Crippen molar-refractivity contribution < 1.29 is 19.4 Å². The molecule has 0 bridgehead atoms. The largest absolute Gasteiger partial charge is 0.492 e. The lowest BCUT2D eigenvalue weighted by Crippen LogP contribution is -2.11. The van der Waals surface area contributed by atoms with E-state index in [9.17, 15) is 4.79 Å². The third-order valence-electron chi connectivity index (χ3n) is 2.54. The van der Waals surface area contributed by atoms with Crippen molar-refractivity contribution in [1.82, 2.24) is 0 Å². The summed E-state index contributed by atoms with van der Waals surface area (Å²) in [5, 5.41) is 10.6. The molecule has 1 fully saturated rings. The number of carboxylic acids is 1. The first-order chi connectivity index (χ1) is 7.77. The number of carbonyl (C=O) groups is 1. The van der Waals surface area contributed by atoms with E-state index in [1.54, 1.807) is 11.4 Å². The summed E-state index contributed by atoms with van der Waals surface area (Å²) in [6.07, 6.45) is 3.31. The van der Waals surface area contributed by atoms with Gasteiger partial charge in [0.2, 0.25) is 0 Å². The Labute approximate surface area is 97.8 Å². The van der Waals surface area contributed by atoms with Crippen LogP contribution < -0.4 is 4.74 Å². The Kier molecular flexibility index (Phi) is 3.79. The third-order valence-corrected chi connectivity index (χ3v) is 3.43. The van der Waals surface area contributed by atoms with Crippen LogP contribution in [0, 0.1) is 0 Å². The second kappa shape index (κ2) is 5.32. The van der Waals surface area contributed by atoms with Crippen LogP contribution in [0.1, 0.15) is 28.9 Å². The average molecular weight is 242 g/mol. The quantitative estimate of drug-likeness (QED) is 0.861. The SMILES string of the molecule is O=C(O)c1sccc1OCCC1CCCO1.